The van der Waals surface area contributed by atoms with Gasteiger partial charge in [-0.05, 0) is 43.4 Å². The zero-order valence-corrected chi connectivity index (χ0v) is 23.5. The summed E-state index contributed by atoms with van der Waals surface area (Å²) >= 11 is 6.47. The predicted molar refractivity (Wildman–Crippen MR) is 150 cm³/mol. The van der Waals surface area contributed by atoms with Crippen LogP contribution in [0.2, 0.25) is 0 Å². The molecule has 0 radical (unpaired) electrons. The zero-order chi connectivity index (χ0) is 25.2. The smallest absolute Gasteiger partial charge is 0.263 e. The molecule has 4 aromatic rings. The van der Waals surface area contributed by atoms with Crippen molar-refractivity contribution in [1.29, 1.82) is 0 Å². The highest BCUT2D eigenvalue weighted by molar-refractivity contribution is 9.10. The van der Waals surface area contributed by atoms with Gasteiger partial charge in [-0.2, -0.15) is 0 Å². The van der Waals surface area contributed by atoms with Crippen molar-refractivity contribution in [2.24, 2.45) is 0 Å². The van der Waals surface area contributed by atoms with Crippen LogP contribution in [-0.2, 0) is 11.2 Å². The van der Waals surface area contributed by atoms with E-state index in [0.29, 0.717) is 27.7 Å². The fourth-order valence-electron chi connectivity index (χ4n) is 4.94. The normalized spacial score (nSPS) is 15.3. The number of halogens is 1. The maximum absolute atomic E-state index is 13.8. The van der Waals surface area contributed by atoms with Gasteiger partial charge in [0.1, 0.15) is 15.9 Å². The Balaban J connectivity index is 1.47. The molecule has 3 aromatic heterocycles. The molecule has 10 heteroatoms. The Hall–Kier alpha value is -2.43. The molecular formula is C26H28BrN5O2S2. The summed E-state index contributed by atoms with van der Waals surface area (Å²) in [4.78, 5) is 33.5. The van der Waals surface area contributed by atoms with Gasteiger partial charge in [0, 0.05) is 20.8 Å². The maximum atomic E-state index is 13.8. The Labute approximate surface area is 226 Å². The molecule has 1 fully saturated rings. The number of fused-ring (bicyclic) bond motifs is 1. The summed E-state index contributed by atoms with van der Waals surface area (Å²) < 4.78 is 2.44. The first kappa shape index (κ1) is 25.2. The van der Waals surface area contributed by atoms with Gasteiger partial charge in [0.2, 0.25) is 11.0 Å². The van der Waals surface area contributed by atoms with Crippen LogP contribution in [0.3, 0.4) is 0 Å². The highest BCUT2D eigenvalue weighted by Gasteiger charge is 2.26. The molecule has 36 heavy (non-hydrogen) atoms. The van der Waals surface area contributed by atoms with E-state index in [4.69, 9.17) is 0 Å². The largest absolute Gasteiger partial charge is 0.299 e. The lowest BCUT2D eigenvalue weighted by molar-refractivity contribution is -0.119. The van der Waals surface area contributed by atoms with E-state index in [1.165, 1.54) is 52.8 Å². The Bertz CT molecular complexity index is 1440. The van der Waals surface area contributed by atoms with Gasteiger partial charge in [-0.25, -0.2) is 4.98 Å². The number of carbonyl (C=O) groups is 1. The van der Waals surface area contributed by atoms with Crippen molar-refractivity contribution < 1.29 is 4.79 Å². The zero-order valence-electron chi connectivity index (χ0n) is 20.3. The summed E-state index contributed by atoms with van der Waals surface area (Å²) in [7, 11) is 0. The van der Waals surface area contributed by atoms with Crippen LogP contribution >= 0.6 is 38.6 Å². The number of benzene rings is 1. The van der Waals surface area contributed by atoms with E-state index < -0.39 is 6.04 Å². The number of nitrogens with one attached hydrogen (secondary N) is 1. The standard InChI is InChI=1S/C26H28BrN5O2S2/c1-3-18(22(33)29-26-31-30-23(36-26)16-8-6-5-7-9-16)32-14-28-24-21(25(32)34)20(19(4-2)35-24)15-10-12-17(27)13-11-15/h10-14,16,18H,3-9H2,1-2H3,(H,29,31,33). The number of anilines is 1. The number of thiophene rings is 1. The summed E-state index contributed by atoms with van der Waals surface area (Å²) in [5.41, 5.74) is 1.68. The number of aryl methyl sites for hydroxylation is 1. The minimum Gasteiger partial charge on any atom is -0.299 e. The molecule has 1 aliphatic rings. The van der Waals surface area contributed by atoms with Crippen LogP contribution in [0.4, 0.5) is 5.13 Å². The van der Waals surface area contributed by atoms with Crippen LogP contribution < -0.4 is 10.9 Å². The first-order chi connectivity index (χ1) is 17.5. The molecule has 188 valence electrons. The van der Waals surface area contributed by atoms with Gasteiger partial charge in [0.25, 0.3) is 5.56 Å². The van der Waals surface area contributed by atoms with Gasteiger partial charge in [-0.15, -0.1) is 21.5 Å². The SMILES string of the molecule is CCc1sc2ncn(C(CC)C(=O)Nc3nnc(C4CCCCC4)s3)c(=O)c2c1-c1ccc(Br)cc1. The molecule has 1 N–H and O–H groups in total. The Morgan fingerprint density at radius 3 is 2.58 bits per heavy atom. The highest BCUT2D eigenvalue weighted by Crippen LogP contribution is 2.38. The summed E-state index contributed by atoms with van der Waals surface area (Å²) in [6.45, 7) is 3.98. The molecule has 1 saturated carbocycles. The van der Waals surface area contributed by atoms with Crippen LogP contribution in [0.5, 0.6) is 0 Å². The molecule has 0 spiro atoms. The minimum atomic E-state index is -0.695. The second-order valence-corrected chi connectivity index (χ2v) is 12.1. The fourth-order valence-corrected chi connectivity index (χ4v) is 7.21. The van der Waals surface area contributed by atoms with Crippen LogP contribution in [0, 0.1) is 0 Å². The molecule has 1 aliphatic carbocycles. The van der Waals surface area contributed by atoms with Crippen LogP contribution in [0.1, 0.15) is 74.2 Å². The number of hydrogen-bond acceptors (Lipinski definition) is 7. The number of aromatic nitrogens is 4. The van der Waals surface area contributed by atoms with Crippen molar-refractivity contribution in [1.82, 2.24) is 19.7 Å². The molecule has 0 bridgehead atoms. The number of hydrogen-bond donors (Lipinski definition) is 1. The van der Waals surface area contributed by atoms with Crippen molar-refractivity contribution in [3.05, 3.63) is 55.3 Å². The third-order valence-electron chi connectivity index (χ3n) is 6.81. The second kappa shape index (κ2) is 10.9. The lowest BCUT2D eigenvalue weighted by Crippen LogP contribution is -2.33. The van der Waals surface area contributed by atoms with Crippen molar-refractivity contribution in [3.63, 3.8) is 0 Å². The van der Waals surface area contributed by atoms with Crippen LogP contribution in [0.15, 0.2) is 39.9 Å². The van der Waals surface area contributed by atoms with Crippen molar-refractivity contribution >= 4 is 59.9 Å². The topological polar surface area (TPSA) is 89.8 Å². The average Bonchev–Trinajstić information content (AvgIpc) is 3.52. The number of rotatable bonds is 7. The fraction of sp³-hybridized carbons (Fsp3) is 0.423. The molecule has 0 saturated heterocycles. The number of nitrogens with zero attached hydrogens (tertiary/aromatic N) is 4. The molecule has 0 aliphatic heterocycles. The third-order valence-corrected chi connectivity index (χ3v) is 9.59. The summed E-state index contributed by atoms with van der Waals surface area (Å²) in [6, 6.07) is 7.26. The Morgan fingerprint density at radius 1 is 1.14 bits per heavy atom. The van der Waals surface area contributed by atoms with Crippen molar-refractivity contribution in [3.8, 4) is 11.1 Å². The highest BCUT2D eigenvalue weighted by atomic mass is 79.9. The predicted octanol–water partition coefficient (Wildman–Crippen LogP) is 6.94. The molecule has 1 aromatic carbocycles. The maximum Gasteiger partial charge on any atom is 0.263 e. The molecule has 3 heterocycles. The van der Waals surface area contributed by atoms with Gasteiger partial charge < -0.3 is 0 Å². The molecule has 7 nitrogen and oxygen atoms in total. The molecule has 1 atom stereocenters. The van der Waals surface area contributed by atoms with E-state index in [1.807, 2.05) is 31.2 Å². The summed E-state index contributed by atoms with van der Waals surface area (Å²) in [5, 5.41) is 13.5. The summed E-state index contributed by atoms with van der Waals surface area (Å²) in [5.74, 6) is 0.157. The van der Waals surface area contributed by atoms with Crippen molar-refractivity contribution in [2.75, 3.05) is 5.32 Å². The molecule has 1 unspecified atom stereocenters. The average molecular weight is 587 g/mol. The van der Waals surface area contributed by atoms with Gasteiger partial charge in [-0.3, -0.25) is 19.5 Å². The van der Waals surface area contributed by atoms with Gasteiger partial charge in [0.05, 0.1) is 11.7 Å². The Morgan fingerprint density at radius 2 is 1.89 bits per heavy atom. The number of amides is 1. The van der Waals surface area contributed by atoms with Crippen LogP contribution in [0.25, 0.3) is 21.3 Å². The van der Waals surface area contributed by atoms with Crippen molar-refractivity contribution in [2.45, 2.75) is 70.8 Å². The lowest BCUT2D eigenvalue weighted by atomic mass is 9.90. The second-order valence-electron chi connectivity index (χ2n) is 9.09. The first-order valence-electron chi connectivity index (χ1n) is 12.4. The van der Waals surface area contributed by atoms with Crippen LogP contribution in [-0.4, -0.2) is 25.7 Å². The minimum absolute atomic E-state index is 0.198. The van der Waals surface area contributed by atoms with E-state index in [0.717, 1.165) is 44.7 Å². The Kier molecular flexibility index (Phi) is 7.64. The van der Waals surface area contributed by atoms with E-state index in [2.05, 4.69) is 43.4 Å². The molecule has 5 rings (SSSR count). The van der Waals surface area contributed by atoms with E-state index in [9.17, 15) is 9.59 Å². The van der Waals surface area contributed by atoms with E-state index in [-0.39, 0.29) is 11.5 Å². The molecular weight excluding hydrogens is 558 g/mol. The van der Waals surface area contributed by atoms with E-state index >= 15 is 0 Å². The first-order valence-corrected chi connectivity index (χ1v) is 14.8. The third kappa shape index (κ3) is 4.90. The van der Waals surface area contributed by atoms with Gasteiger partial charge in [-0.1, -0.05) is 72.5 Å². The quantitative estimate of drug-likeness (QED) is 0.254. The van der Waals surface area contributed by atoms with Gasteiger partial charge in [0.15, 0.2) is 0 Å². The monoisotopic (exact) mass is 585 g/mol. The molecule has 1 amide bonds. The number of carbonyl (C=O) groups excluding carboxylic acids is 1. The lowest BCUT2D eigenvalue weighted by Gasteiger charge is -2.18. The van der Waals surface area contributed by atoms with E-state index in [1.54, 1.807) is 0 Å². The van der Waals surface area contributed by atoms with Gasteiger partial charge >= 0.3 is 0 Å². The summed E-state index contributed by atoms with van der Waals surface area (Å²) in [6.07, 6.45) is 8.71.